The molecule has 0 radical (unpaired) electrons. The average Bonchev–Trinajstić information content (AvgIpc) is 2.50. The summed E-state index contributed by atoms with van der Waals surface area (Å²) >= 11 is 3.29. The quantitative estimate of drug-likeness (QED) is 0.731. The van der Waals surface area contributed by atoms with Gasteiger partial charge < -0.3 is 5.32 Å². The number of rotatable bonds is 2. The molecule has 0 spiro atoms. The molecule has 0 aliphatic rings. The Morgan fingerprint density at radius 1 is 1.14 bits per heavy atom. The second-order valence-corrected chi connectivity index (χ2v) is 5.35. The molecule has 5 heteroatoms. The van der Waals surface area contributed by atoms with Crippen molar-refractivity contribution in [2.24, 2.45) is 0 Å². The van der Waals surface area contributed by atoms with E-state index in [1.807, 2.05) is 24.3 Å². The van der Waals surface area contributed by atoms with E-state index in [0.717, 1.165) is 15.4 Å². The molecule has 1 heterocycles. The first-order chi connectivity index (χ1) is 10.2. The van der Waals surface area contributed by atoms with E-state index in [1.165, 1.54) is 6.07 Å². The maximum Gasteiger partial charge on any atom is 0.149 e. The van der Waals surface area contributed by atoms with Crippen molar-refractivity contribution in [3.63, 3.8) is 0 Å². The number of hydrogen-bond donors (Lipinski definition) is 1. The van der Waals surface area contributed by atoms with E-state index in [9.17, 15) is 9.65 Å². The van der Waals surface area contributed by atoms with Crippen LogP contribution in [-0.4, -0.2) is 4.98 Å². The molecule has 0 amide bonds. The number of anilines is 2. The zero-order valence-electron chi connectivity index (χ0n) is 10.8. The third-order valence-electron chi connectivity index (χ3n) is 3.03. The Morgan fingerprint density at radius 3 is 2.76 bits per heavy atom. The predicted octanol–water partition coefficient (Wildman–Crippen LogP) is 4.75. The largest absolute Gasteiger partial charge is 0.337 e. The van der Waals surface area contributed by atoms with Crippen molar-refractivity contribution in [3.8, 4) is 6.07 Å². The highest BCUT2D eigenvalue weighted by atomic mass is 79.9. The maximum absolute atomic E-state index is 13.8. The van der Waals surface area contributed by atoms with Crippen LogP contribution in [0.2, 0.25) is 0 Å². The fraction of sp³-hybridized carbons (Fsp3) is 0. The van der Waals surface area contributed by atoms with Crippen molar-refractivity contribution in [1.29, 1.82) is 5.26 Å². The van der Waals surface area contributed by atoms with Crippen LogP contribution in [0.4, 0.5) is 15.9 Å². The fourth-order valence-electron chi connectivity index (χ4n) is 2.02. The Morgan fingerprint density at radius 2 is 1.95 bits per heavy atom. The van der Waals surface area contributed by atoms with Crippen LogP contribution in [0.3, 0.4) is 0 Å². The summed E-state index contributed by atoms with van der Waals surface area (Å²) in [5, 5.41) is 13.0. The van der Waals surface area contributed by atoms with Crippen LogP contribution in [-0.2, 0) is 0 Å². The first kappa shape index (κ1) is 13.5. The van der Waals surface area contributed by atoms with Crippen molar-refractivity contribution >= 4 is 38.3 Å². The smallest absolute Gasteiger partial charge is 0.149 e. The van der Waals surface area contributed by atoms with Gasteiger partial charge in [-0.1, -0.05) is 34.1 Å². The Bertz CT molecular complexity index is 871. The molecule has 1 aromatic heterocycles. The van der Waals surface area contributed by atoms with Crippen molar-refractivity contribution in [2.75, 3.05) is 5.32 Å². The van der Waals surface area contributed by atoms with E-state index in [0.29, 0.717) is 11.4 Å². The van der Waals surface area contributed by atoms with Gasteiger partial charge in [-0.3, -0.25) is 0 Å². The lowest BCUT2D eigenvalue weighted by Gasteiger charge is -2.10. The number of nitrogens with zero attached hydrogens (tertiary/aromatic N) is 2. The highest BCUT2D eigenvalue weighted by Gasteiger charge is 2.09. The van der Waals surface area contributed by atoms with E-state index in [2.05, 4.69) is 32.3 Å². The molecule has 0 unspecified atom stereocenters. The van der Waals surface area contributed by atoms with Gasteiger partial charge in [-0.25, -0.2) is 9.37 Å². The minimum atomic E-state index is -0.406. The molecule has 3 rings (SSSR count). The Hall–Kier alpha value is -2.45. The van der Waals surface area contributed by atoms with Crippen molar-refractivity contribution in [3.05, 3.63) is 64.4 Å². The van der Waals surface area contributed by atoms with Crippen LogP contribution in [0.25, 0.3) is 10.9 Å². The molecule has 0 saturated carbocycles. The molecule has 0 aliphatic heterocycles. The molecule has 21 heavy (non-hydrogen) atoms. The van der Waals surface area contributed by atoms with Gasteiger partial charge in [0, 0.05) is 9.86 Å². The minimum Gasteiger partial charge on any atom is -0.337 e. The van der Waals surface area contributed by atoms with Crippen LogP contribution in [0.1, 0.15) is 5.56 Å². The number of halogens is 2. The highest BCUT2D eigenvalue weighted by molar-refractivity contribution is 9.10. The van der Waals surface area contributed by atoms with E-state index in [4.69, 9.17) is 0 Å². The zero-order chi connectivity index (χ0) is 14.8. The molecular formula is C16H9BrFN3. The van der Waals surface area contributed by atoms with Gasteiger partial charge in [0.1, 0.15) is 17.7 Å². The van der Waals surface area contributed by atoms with Gasteiger partial charge in [-0.2, -0.15) is 5.26 Å². The summed E-state index contributed by atoms with van der Waals surface area (Å²) in [6.45, 7) is 0. The van der Waals surface area contributed by atoms with Gasteiger partial charge in [0.05, 0.1) is 16.8 Å². The summed E-state index contributed by atoms with van der Waals surface area (Å²) < 4.78 is 14.6. The van der Waals surface area contributed by atoms with Crippen LogP contribution in [0.5, 0.6) is 0 Å². The molecule has 0 bridgehead atoms. The number of para-hydroxylation sites is 1. The van der Waals surface area contributed by atoms with Gasteiger partial charge in [-0.15, -0.1) is 0 Å². The van der Waals surface area contributed by atoms with Gasteiger partial charge in [0.2, 0.25) is 0 Å². The van der Waals surface area contributed by atoms with Crippen molar-refractivity contribution in [1.82, 2.24) is 4.98 Å². The highest BCUT2D eigenvalue weighted by Crippen LogP contribution is 2.26. The third kappa shape index (κ3) is 2.71. The lowest BCUT2D eigenvalue weighted by Crippen LogP contribution is -1.99. The first-order valence-electron chi connectivity index (χ1n) is 6.19. The molecule has 0 atom stereocenters. The lowest BCUT2D eigenvalue weighted by atomic mass is 10.1. The van der Waals surface area contributed by atoms with E-state index in [-0.39, 0.29) is 5.69 Å². The lowest BCUT2D eigenvalue weighted by molar-refractivity contribution is 0.631. The van der Waals surface area contributed by atoms with Gasteiger partial charge in [0.25, 0.3) is 0 Å². The Labute approximate surface area is 129 Å². The summed E-state index contributed by atoms with van der Waals surface area (Å²) in [5.74, 6) is -0.0646. The number of nitrogens with one attached hydrogen (secondary N) is 1. The van der Waals surface area contributed by atoms with Crippen molar-refractivity contribution in [2.45, 2.75) is 0 Å². The molecule has 1 N–H and O–H groups in total. The van der Waals surface area contributed by atoms with E-state index >= 15 is 0 Å². The molecule has 102 valence electrons. The molecule has 3 aromatic rings. The second kappa shape index (κ2) is 5.51. The molecule has 0 aliphatic carbocycles. The molecule has 3 nitrogen and oxygen atoms in total. The average molecular weight is 342 g/mol. The summed E-state index contributed by atoms with van der Waals surface area (Å²) in [6.07, 6.45) is 0. The third-order valence-corrected chi connectivity index (χ3v) is 3.52. The number of benzene rings is 2. The normalized spacial score (nSPS) is 10.3. The SMILES string of the molecule is N#Cc1cc2ccccc2nc1Nc1cc(Br)ccc1F. The number of fused-ring (bicyclic) bond motifs is 1. The molecule has 0 saturated heterocycles. The van der Waals surface area contributed by atoms with Gasteiger partial charge in [-0.05, 0) is 30.3 Å². The molecule has 2 aromatic carbocycles. The van der Waals surface area contributed by atoms with Crippen LogP contribution >= 0.6 is 15.9 Å². The standard InChI is InChI=1S/C16H9BrFN3/c17-12-5-6-13(18)15(8-12)21-16-11(9-19)7-10-3-1-2-4-14(10)20-16/h1-8H,(H,20,21). The Balaban J connectivity index is 2.11. The topological polar surface area (TPSA) is 48.7 Å². The number of aromatic nitrogens is 1. The first-order valence-corrected chi connectivity index (χ1v) is 6.98. The predicted molar refractivity (Wildman–Crippen MR) is 83.8 cm³/mol. The number of nitriles is 1. The van der Waals surface area contributed by atoms with E-state index < -0.39 is 5.82 Å². The molecular weight excluding hydrogens is 333 g/mol. The number of pyridine rings is 1. The van der Waals surface area contributed by atoms with Crippen molar-refractivity contribution < 1.29 is 4.39 Å². The molecule has 0 fully saturated rings. The number of hydrogen-bond acceptors (Lipinski definition) is 3. The Kier molecular flexibility index (Phi) is 3.55. The van der Waals surface area contributed by atoms with E-state index in [1.54, 1.807) is 18.2 Å². The zero-order valence-corrected chi connectivity index (χ0v) is 12.4. The van der Waals surface area contributed by atoms with Crippen LogP contribution in [0, 0.1) is 17.1 Å². The summed E-state index contributed by atoms with van der Waals surface area (Å²) in [4.78, 5) is 4.40. The van der Waals surface area contributed by atoms with Crippen LogP contribution in [0.15, 0.2) is 53.0 Å². The minimum absolute atomic E-state index is 0.267. The fourth-order valence-corrected chi connectivity index (χ4v) is 2.38. The maximum atomic E-state index is 13.8. The summed E-state index contributed by atoms with van der Waals surface area (Å²) in [7, 11) is 0. The second-order valence-electron chi connectivity index (χ2n) is 4.44. The summed E-state index contributed by atoms with van der Waals surface area (Å²) in [5.41, 5.74) is 1.38. The monoisotopic (exact) mass is 341 g/mol. The van der Waals surface area contributed by atoms with Gasteiger partial charge in [0.15, 0.2) is 0 Å². The van der Waals surface area contributed by atoms with Gasteiger partial charge >= 0.3 is 0 Å². The summed E-state index contributed by atoms with van der Waals surface area (Å²) in [6, 6.07) is 15.9. The van der Waals surface area contributed by atoms with Crippen LogP contribution < -0.4 is 5.32 Å².